The highest BCUT2D eigenvalue weighted by Crippen LogP contribution is 2.38. The van der Waals surface area contributed by atoms with Crippen LogP contribution in [0, 0.1) is 0 Å². The van der Waals surface area contributed by atoms with E-state index >= 15 is 0 Å². The van der Waals surface area contributed by atoms with Crippen molar-refractivity contribution in [1.29, 1.82) is 0 Å². The zero-order chi connectivity index (χ0) is 14.8. The summed E-state index contributed by atoms with van der Waals surface area (Å²) in [5.74, 6) is 0. The second-order valence-corrected chi connectivity index (χ2v) is 4.25. The molecule has 0 aromatic carbocycles. The van der Waals surface area contributed by atoms with Crippen molar-refractivity contribution in [2.45, 2.75) is 24.5 Å². The number of rotatable bonds is 4. The minimum atomic E-state index is -6.43. The number of ether oxygens (including phenoxy) is 2. The van der Waals surface area contributed by atoms with Crippen LogP contribution < -0.4 is 0 Å². The third-order valence-corrected chi connectivity index (χ3v) is 2.32. The first-order valence-electron chi connectivity index (χ1n) is 4.09. The largest absolute Gasteiger partial charge is 0.509 e. The van der Waals surface area contributed by atoms with Crippen molar-refractivity contribution in [1.82, 2.24) is 0 Å². The predicted octanol–water partition coefficient (Wildman–Crippen LogP) is 1.57. The molecule has 0 amide bonds. The molecule has 12 heteroatoms. The van der Waals surface area contributed by atoms with Crippen LogP contribution in [0.4, 0.5) is 26.7 Å². The Kier molecular flexibility index (Phi) is 4.88. The Labute approximate surface area is 97.4 Å². The van der Waals surface area contributed by atoms with E-state index < -0.39 is 40.4 Å². The van der Waals surface area contributed by atoms with Gasteiger partial charge in [-0.3, -0.25) is 4.55 Å². The van der Waals surface area contributed by atoms with E-state index in [1.165, 1.54) is 0 Å². The van der Waals surface area contributed by atoms with Gasteiger partial charge in [-0.1, -0.05) is 0 Å². The average molecular weight is 302 g/mol. The fraction of sp³-hybridized carbons (Fsp3) is 0.833. The minimum Gasteiger partial charge on any atom is -0.435 e. The molecule has 0 rings (SSSR count). The summed E-state index contributed by atoms with van der Waals surface area (Å²) in [4.78, 5) is 10.5. The van der Waals surface area contributed by atoms with E-state index in [0.717, 1.165) is 6.92 Å². The summed E-state index contributed by atoms with van der Waals surface area (Å²) in [5, 5.41) is -5.75. The smallest absolute Gasteiger partial charge is 0.435 e. The number of carbonyl (C=O) groups excluding carboxylic acids is 1. The molecule has 108 valence electrons. The first-order chi connectivity index (χ1) is 7.84. The average Bonchev–Trinajstić information content (AvgIpc) is 2.10. The second kappa shape index (κ2) is 5.22. The molecule has 18 heavy (non-hydrogen) atoms. The van der Waals surface area contributed by atoms with Gasteiger partial charge in [0.25, 0.3) is 6.10 Å². The van der Waals surface area contributed by atoms with Crippen LogP contribution in [0.25, 0.3) is 0 Å². The first kappa shape index (κ1) is 16.8. The number of hydrogen-bond donors (Lipinski definition) is 1. The molecule has 0 bridgehead atoms. The predicted molar refractivity (Wildman–Crippen MR) is 44.4 cm³/mol. The molecule has 0 aliphatic rings. The van der Waals surface area contributed by atoms with Crippen LogP contribution in [-0.2, 0) is 19.6 Å². The molecule has 0 fully saturated rings. The zero-order valence-corrected chi connectivity index (χ0v) is 9.39. The van der Waals surface area contributed by atoms with Gasteiger partial charge in [0.15, 0.2) is 0 Å². The SMILES string of the molecule is CCOC(=O)OC(C(F)(F)F)C(F)(F)S(=O)(=O)O. The zero-order valence-electron chi connectivity index (χ0n) is 8.57. The fourth-order valence-corrected chi connectivity index (χ4v) is 1.16. The highest BCUT2D eigenvalue weighted by molar-refractivity contribution is 7.86. The molecular formula is C6H7F5O6S. The van der Waals surface area contributed by atoms with Gasteiger partial charge in [0.05, 0.1) is 6.61 Å². The summed E-state index contributed by atoms with van der Waals surface area (Å²) in [6.45, 7) is 0.658. The lowest BCUT2D eigenvalue weighted by Crippen LogP contribution is -2.52. The summed E-state index contributed by atoms with van der Waals surface area (Å²) in [6.07, 6.45) is -12.5. The van der Waals surface area contributed by atoms with Gasteiger partial charge >= 0.3 is 27.7 Å². The molecule has 0 aromatic rings. The molecule has 1 N–H and O–H groups in total. The van der Waals surface area contributed by atoms with Crippen LogP contribution in [0.15, 0.2) is 0 Å². The highest BCUT2D eigenvalue weighted by Gasteiger charge is 2.66. The van der Waals surface area contributed by atoms with E-state index in [9.17, 15) is 35.2 Å². The summed E-state index contributed by atoms with van der Waals surface area (Å²) in [7, 11) is -6.43. The van der Waals surface area contributed by atoms with Gasteiger partial charge in [-0.15, -0.1) is 0 Å². The van der Waals surface area contributed by atoms with Gasteiger partial charge in [-0.25, -0.2) is 4.79 Å². The fourth-order valence-electron chi connectivity index (χ4n) is 0.709. The van der Waals surface area contributed by atoms with E-state index in [-0.39, 0.29) is 0 Å². The van der Waals surface area contributed by atoms with Gasteiger partial charge in [0, 0.05) is 0 Å². The monoisotopic (exact) mass is 302 g/mol. The minimum absolute atomic E-state index is 0.485. The summed E-state index contributed by atoms with van der Waals surface area (Å²) < 4.78 is 97.4. The van der Waals surface area contributed by atoms with Gasteiger partial charge in [0.1, 0.15) is 0 Å². The van der Waals surface area contributed by atoms with Gasteiger partial charge in [0.2, 0.25) is 0 Å². The third-order valence-electron chi connectivity index (χ3n) is 1.42. The maximum Gasteiger partial charge on any atom is 0.509 e. The van der Waals surface area contributed by atoms with E-state index in [1.807, 2.05) is 0 Å². The number of hydrogen-bond acceptors (Lipinski definition) is 5. The molecule has 0 aromatic heterocycles. The van der Waals surface area contributed by atoms with Crippen molar-refractivity contribution in [2.75, 3.05) is 6.61 Å². The molecular weight excluding hydrogens is 295 g/mol. The number of carbonyl (C=O) groups is 1. The standard InChI is InChI=1S/C6H7F5O6S/c1-2-16-4(12)17-3(5(7,8)9)6(10,11)18(13,14)15/h3H,2H2,1H3,(H,13,14,15). The van der Waals surface area contributed by atoms with Crippen molar-refractivity contribution >= 4 is 16.3 Å². The Morgan fingerprint density at radius 1 is 1.28 bits per heavy atom. The first-order valence-corrected chi connectivity index (χ1v) is 5.53. The lowest BCUT2D eigenvalue weighted by atomic mass is 10.3. The van der Waals surface area contributed by atoms with E-state index in [4.69, 9.17) is 4.55 Å². The topological polar surface area (TPSA) is 89.9 Å². The molecule has 0 saturated carbocycles. The van der Waals surface area contributed by atoms with Crippen molar-refractivity contribution in [2.24, 2.45) is 0 Å². The molecule has 0 saturated heterocycles. The number of alkyl halides is 5. The van der Waals surface area contributed by atoms with Crippen molar-refractivity contribution in [3.63, 3.8) is 0 Å². The lowest BCUT2D eigenvalue weighted by Gasteiger charge is -2.25. The van der Waals surface area contributed by atoms with Gasteiger partial charge in [-0.2, -0.15) is 30.4 Å². The van der Waals surface area contributed by atoms with Crippen molar-refractivity contribution in [3.8, 4) is 0 Å². The molecule has 0 aliphatic carbocycles. The van der Waals surface area contributed by atoms with Crippen LogP contribution in [0.5, 0.6) is 0 Å². The van der Waals surface area contributed by atoms with Gasteiger partial charge in [-0.05, 0) is 6.92 Å². The second-order valence-electron chi connectivity index (χ2n) is 2.76. The quantitative estimate of drug-likeness (QED) is 0.481. The highest BCUT2D eigenvalue weighted by atomic mass is 32.2. The number of halogens is 5. The Hall–Kier alpha value is -1.17. The van der Waals surface area contributed by atoms with Crippen LogP contribution in [-0.4, -0.2) is 43.3 Å². The lowest BCUT2D eigenvalue weighted by molar-refractivity contribution is -0.252. The summed E-state index contributed by atoms with van der Waals surface area (Å²) in [6, 6.07) is 0. The Morgan fingerprint density at radius 2 is 1.72 bits per heavy atom. The van der Waals surface area contributed by atoms with E-state index in [0.29, 0.717) is 0 Å². The van der Waals surface area contributed by atoms with Crippen molar-refractivity contribution in [3.05, 3.63) is 0 Å². The molecule has 0 aliphatic heterocycles. The molecule has 0 heterocycles. The van der Waals surface area contributed by atoms with Crippen LogP contribution in [0.2, 0.25) is 0 Å². The van der Waals surface area contributed by atoms with E-state index in [2.05, 4.69) is 9.47 Å². The van der Waals surface area contributed by atoms with Crippen LogP contribution >= 0.6 is 0 Å². The molecule has 0 radical (unpaired) electrons. The third kappa shape index (κ3) is 3.94. The molecule has 0 spiro atoms. The maximum atomic E-state index is 12.8. The van der Waals surface area contributed by atoms with E-state index in [1.54, 1.807) is 0 Å². The Bertz CT molecular complexity index is 401. The normalized spacial score (nSPS) is 15.1. The van der Waals surface area contributed by atoms with Crippen LogP contribution in [0.1, 0.15) is 6.92 Å². The summed E-state index contributed by atoms with van der Waals surface area (Å²) >= 11 is 0. The Morgan fingerprint density at radius 3 is 2.00 bits per heavy atom. The maximum absolute atomic E-state index is 12.8. The summed E-state index contributed by atoms with van der Waals surface area (Å²) in [5.41, 5.74) is 0. The van der Waals surface area contributed by atoms with Crippen molar-refractivity contribution < 1.29 is 49.2 Å². The Balaban J connectivity index is 5.34. The molecule has 1 unspecified atom stereocenters. The molecule has 6 nitrogen and oxygen atoms in total. The van der Waals surface area contributed by atoms with Gasteiger partial charge < -0.3 is 9.47 Å². The van der Waals surface area contributed by atoms with Crippen LogP contribution in [0.3, 0.4) is 0 Å². The molecule has 1 atom stereocenters.